The number of aldehydes is 1. The average Bonchev–Trinajstić information content (AvgIpc) is 3.32. The molecule has 6 nitrogen and oxygen atoms in total. The lowest BCUT2D eigenvalue weighted by atomic mass is 9.93. The Balaban J connectivity index is 1.72. The van der Waals surface area contributed by atoms with Crippen LogP contribution in [0.4, 0.5) is 23.2 Å². The van der Waals surface area contributed by atoms with Gasteiger partial charge in [0.25, 0.3) is 0 Å². The predicted molar refractivity (Wildman–Crippen MR) is 136 cm³/mol. The molecule has 0 bridgehead atoms. The number of amides is 1. The van der Waals surface area contributed by atoms with Crippen LogP contribution in [0.5, 0.6) is 0 Å². The van der Waals surface area contributed by atoms with Crippen LogP contribution in [0.15, 0.2) is 66.7 Å². The van der Waals surface area contributed by atoms with E-state index in [-0.39, 0.29) is 34.6 Å². The molecule has 4 aromatic rings. The fraction of sp³-hybridized carbons (Fsp3) is 0.148. The highest BCUT2D eigenvalue weighted by Crippen LogP contribution is 2.35. The molecule has 1 amide bonds. The highest BCUT2D eigenvalue weighted by Gasteiger charge is 2.35. The molecule has 0 saturated heterocycles. The highest BCUT2D eigenvalue weighted by molar-refractivity contribution is 6.30. The van der Waals surface area contributed by atoms with Gasteiger partial charge in [-0.3, -0.25) is 4.79 Å². The van der Waals surface area contributed by atoms with Gasteiger partial charge in [0.05, 0.1) is 17.9 Å². The number of halogens is 5. The Kier molecular flexibility index (Phi) is 7.54. The van der Waals surface area contributed by atoms with Crippen LogP contribution in [0.25, 0.3) is 16.8 Å². The lowest BCUT2D eigenvalue weighted by Gasteiger charge is -2.18. The number of hydrogen-bond donors (Lipinski definition) is 2. The molecule has 0 aliphatic carbocycles. The summed E-state index contributed by atoms with van der Waals surface area (Å²) < 4.78 is 57.2. The van der Waals surface area contributed by atoms with Crippen LogP contribution in [0.1, 0.15) is 40.2 Å². The summed E-state index contributed by atoms with van der Waals surface area (Å²) in [5.41, 5.74) is 5.76. The van der Waals surface area contributed by atoms with Gasteiger partial charge in [0.2, 0.25) is 5.91 Å². The van der Waals surface area contributed by atoms with Crippen molar-refractivity contribution in [3.63, 3.8) is 0 Å². The summed E-state index contributed by atoms with van der Waals surface area (Å²) >= 11 is 6.02. The van der Waals surface area contributed by atoms with Gasteiger partial charge >= 0.3 is 6.18 Å². The van der Waals surface area contributed by atoms with E-state index in [1.165, 1.54) is 43.3 Å². The van der Waals surface area contributed by atoms with E-state index in [2.05, 4.69) is 10.4 Å². The van der Waals surface area contributed by atoms with E-state index in [4.69, 9.17) is 17.3 Å². The number of benzene rings is 3. The molecule has 1 unspecified atom stereocenters. The third-order valence-corrected chi connectivity index (χ3v) is 6.14. The van der Waals surface area contributed by atoms with Crippen LogP contribution < -0.4 is 11.1 Å². The van der Waals surface area contributed by atoms with Gasteiger partial charge < -0.3 is 15.8 Å². The molecule has 4 rings (SSSR count). The third-order valence-electron chi connectivity index (χ3n) is 5.91. The van der Waals surface area contributed by atoms with Crippen LogP contribution in [-0.2, 0) is 17.5 Å². The minimum absolute atomic E-state index is 0.0429. The first-order valence-corrected chi connectivity index (χ1v) is 11.7. The van der Waals surface area contributed by atoms with E-state index in [0.717, 1.165) is 10.7 Å². The zero-order chi connectivity index (χ0) is 27.6. The zero-order valence-electron chi connectivity index (χ0n) is 19.9. The molecule has 38 heavy (non-hydrogen) atoms. The Hall–Kier alpha value is -4.18. The number of primary amides is 1. The van der Waals surface area contributed by atoms with E-state index in [1.54, 1.807) is 24.3 Å². The van der Waals surface area contributed by atoms with Gasteiger partial charge in [-0.1, -0.05) is 36.7 Å². The monoisotopic (exact) mass is 544 g/mol. The van der Waals surface area contributed by atoms with E-state index in [1.807, 2.05) is 0 Å². The number of hydrogen-bond acceptors (Lipinski definition) is 4. The van der Waals surface area contributed by atoms with Gasteiger partial charge in [-0.15, -0.1) is 0 Å². The maximum absolute atomic E-state index is 15.7. The Morgan fingerprint density at radius 3 is 2.45 bits per heavy atom. The molecule has 1 atom stereocenters. The first kappa shape index (κ1) is 26.9. The maximum Gasteiger partial charge on any atom is 0.435 e. The lowest BCUT2D eigenvalue weighted by Crippen LogP contribution is -2.12. The molecule has 0 aliphatic rings. The van der Waals surface area contributed by atoms with Crippen molar-refractivity contribution < 1.29 is 27.2 Å². The molecule has 3 aromatic carbocycles. The summed E-state index contributed by atoms with van der Waals surface area (Å²) in [7, 11) is 0. The van der Waals surface area contributed by atoms with Crippen molar-refractivity contribution in [2.45, 2.75) is 25.6 Å². The summed E-state index contributed by atoms with van der Waals surface area (Å²) in [6, 6.07) is 16.1. The fourth-order valence-electron chi connectivity index (χ4n) is 4.00. The molecule has 1 heterocycles. The molecule has 0 fully saturated rings. The molecule has 0 aliphatic heterocycles. The summed E-state index contributed by atoms with van der Waals surface area (Å²) in [4.78, 5) is 23.0. The van der Waals surface area contributed by atoms with Gasteiger partial charge in [0, 0.05) is 33.3 Å². The number of aromatic nitrogens is 2. The smallest absolute Gasteiger partial charge is 0.379 e. The first-order chi connectivity index (χ1) is 18.0. The number of carbonyl (C=O) groups excluding carboxylic acids is 2. The molecule has 0 saturated carbocycles. The molecular formula is C27H21ClF4N4O2. The number of alkyl halides is 3. The Bertz CT molecular complexity index is 1500. The van der Waals surface area contributed by atoms with Gasteiger partial charge in [0.15, 0.2) is 5.69 Å². The molecular weight excluding hydrogens is 524 g/mol. The molecule has 11 heteroatoms. The summed E-state index contributed by atoms with van der Waals surface area (Å²) in [6.07, 6.45) is -4.12. The standard InChI is InChI=1S/C27H21ClF4N4O2/c1-15(14-37)24-22(10-9-21(25(24)29)16-5-7-17(8-6-16)26(33)38)34-13-20-12-23(27(30,31)32)35-36(20)19-4-2-3-18(28)11-19/h2-12,14-15,34H,13H2,1H3,(H2,33,38). The second-order valence-electron chi connectivity index (χ2n) is 8.52. The van der Waals surface area contributed by atoms with Crippen molar-refractivity contribution >= 4 is 29.5 Å². The second kappa shape index (κ2) is 10.7. The number of nitrogens with one attached hydrogen (secondary N) is 1. The van der Waals surface area contributed by atoms with Crippen LogP contribution in [0.2, 0.25) is 5.02 Å². The van der Waals surface area contributed by atoms with E-state index in [9.17, 15) is 22.8 Å². The summed E-state index contributed by atoms with van der Waals surface area (Å²) in [6.45, 7) is 1.34. The van der Waals surface area contributed by atoms with Crippen molar-refractivity contribution in [2.75, 3.05) is 5.32 Å². The summed E-state index contributed by atoms with van der Waals surface area (Å²) in [5.74, 6) is -2.18. The molecule has 1 aromatic heterocycles. The van der Waals surface area contributed by atoms with Gasteiger partial charge in [0.1, 0.15) is 12.1 Å². The topological polar surface area (TPSA) is 90.0 Å². The molecule has 0 radical (unpaired) electrons. The predicted octanol–water partition coefficient (Wildman–Crippen LogP) is 6.36. The van der Waals surface area contributed by atoms with Crippen molar-refractivity contribution in [3.05, 3.63) is 100 Å². The van der Waals surface area contributed by atoms with Crippen LogP contribution in [0, 0.1) is 5.82 Å². The van der Waals surface area contributed by atoms with Gasteiger partial charge in [-0.2, -0.15) is 18.3 Å². The molecule has 196 valence electrons. The van der Waals surface area contributed by atoms with Gasteiger partial charge in [-0.25, -0.2) is 9.07 Å². The van der Waals surface area contributed by atoms with Crippen molar-refractivity contribution in [1.82, 2.24) is 9.78 Å². The second-order valence-corrected chi connectivity index (χ2v) is 8.96. The third kappa shape index (κ3) is 5.55. The molecule has 3 N–H and O–H groups in total. The SMILES string of the molecule is CC(C=O)c1c(NCc2cc(C(F)(F)F)nn2-c2cccc(Cl)c2)ccc(-c2ccc(C(N)=O)cc2)c1F. The van der Waals surface area contributed by atoms with Gasteiger partial charge in [-0.05, 0) is 54.1 Å². The zero-order valence-corrected chi connectivity index (χ0v) is 20.6. The minimum Gasteiger partial charge on any atom is -0.379 e. The maximum atomic E-state index is 15.7. The van der Waals surface area contributed by atoms with Crippen molar-refractivity contribution in [1.29, 1.82) is 0 Å². The molecule has 0 spiro atoms. The number of nitrogens with two attached hydrogens (primary N) is 1. The number of anilines is 1. The first-order valence-electron chi connectivity index (χ1n) is 11.3. The highest BCUT2D eigenvalue weighted by atomic mass is 35.5. The largest absolute Gasteiger partial charge is 0.435 e. The minimum atomic E-state index is -4.69. The number of rotatable bonds is 8. The lowest BCUT2D eigenvalue weighted by molar-refractivity contribution is -0.141. The van der Waals surface area contributed by atoms with Crippen molar-refractivity contribution in [3.8, 4) is 16.8 Å². The van der Waals surface area contributed by atoms with Crippen LogP contribution >= 0.6 is 11.6 Å². The Morgan fingerprint density at radius 1 is 1.13 bits per heavy atom. The number of nitrogens with zero attached hydrogens (tertiary/aromatic N) is 2. The fourth-order valence-corrected chi connectivity index (χ4v) is 4.18. The van der Waals surface area contributed by atoms with E-state index >= 15 is 4.39 Å². The number of carbonyl (C=O) groups is 2. The Labute approximate surface area is 220 Å². The van der Waals surface area contributed by atoms with E-state index in [0.29, 0.717) is 22.6 Å². The normalized spacial score (nSPS) is 12.3. The van der Waals surface area contributed by atoms with Crippen LogP contribution in [0.3, 0.4) is 0 Å². The van der Waals surface area contributed by atoms with Crippen molar-refractivity contribution in [2.24, 2.45) is 5.73 Å². The van der Waals surface area contributed by atoms with E-state index < -0.39 is 29.5 Å². The van der Waals surface area contributed by atoms with Crippen LogP contribution in [-0.4, -0.2) is 22.0 Å². The average molecular weight is 545 g/mol. The Morgan fingerprint density at radius 2 is 1.84 bits per heavy atom. The summed E-state index contributed by atoms with van der Waals surface area (Å²) in [5, 5.41) is 6.97. The quantitative estimate of drug-likeness (QED) is 0.199.